The molecule has 0 radical (unpaired) electrons. The third-order valence-corrected chi connectivity index (χ3v) is 4.43. The number of thioether (sulfide) groups is 1. The Morgan fingerprint density at radius 1 is 1.41 bits per heavy atom. The number of pyridine rings is 1. The summed E-state index contributed by atoms with van der Waals surface area (Å²) in [6, 6.07) is 7.56. The monoisotopic (exact) mass is 338 g/mol. The van der Waals surface area contributed by atoms with Crippen molar-refractivity contribution in [1.82, 2.24) is 10.3 Å². The molecule has 6 heteroatoms. The molecule has 0 fully saturated rings. The summed E-state index contributed by atoms with van der Waals surface area (Å²) in [6.45, 7) is 3.50. The first-order valence-electron chi connectivity index (χ1n) is 7.00. The van der Waals surface area contributed by atoms with Crippen molar-refractivity contribution in [1.29, 1.82) is 0 Å². The summed E-state index contributed by atoms with van der Waals surface area (Å²) in [5, 5.41) is 13.6. The second-order valence-electron chi connectivity index (χ2n) is 5.66. The van der Waals surface area contributed by atoms with Gasteiger partial charge in [-0.05, 0) is 32.0 Å². The van der Waals surface area contributed by atoms with Gasteiger partial charge in [0.2, 0.25) is 5.91 Å². The van der Waals surface area contributed by atoms with Crippen molar-refractivity contribution < 1.29 is 9.90 Å². The topological polar surface area (TPSA) is 62.2 Å². The van der Waals surface area contributed by atoms with Crippen LogP contribution >= 0.6 is 23.4 Å². The van der Waals surface area contributed by atoms with Crippen molar-refractivity contribution in [3.05, 3.63) is 35.5 Å². The summed E-state index contributed by atoms with van der Waals surface area (Å²) in [5.41, 5.74) is 0.269. The van der Waals surface area contributed by atoms with Crippen LogP contribution in [-0.4, -0.2) is 33.9 Å². The van der Waals surface area contributed by atoms with Crippen LogP contribution < -0.4 is 5.32 Å². The number of halogens is 1. The first kappa shape index (κ1) is 17.1. The molecule has 0 aliphatic carbocycles. The van der Waals surface area contributed by atoms with Gasteiger partial charge >= 0.3 is 0 Å². The standard InChI is InChI=1S/C16H19ClN2O2S/c1-16(2,10-20)19-15(21)6-8-22-14-5-7-18-13-9-11(17)3-4-12(13)14/h3-5,7,9,20H,6,8,10H2,1-2H3,(H,19,21). The lowest BCUT2D eigenvalue weighted by molar-refractivity contribution is -0.122. The predicted octanol–water partition coefficient (Wildman–Crippen LogP) is 3.26. The quantitative estimate of drug-likeness (QED) is 0.794. The van der Waals surface area contributed by atoms with Crippen LogP contribution in [0, 0.1) is 0 Å². The van der Waals surface area contributed by atoms with Crippen molar-refractivity contribution in [3.63, 3.8) is 0 Å². The maximum Gasteiger partial charge on any atom is 0.221 e. The largest absolute Gasteiger partial charge is 0.394 e. The SMILES string of the molecule is CC(C)(CO)NC(=O)CCSc1ccnc2cc(Cl)ccc12. The highest BCUT2D eigenvalue weighted by molar-refractivity contribution is 7.99. The molecular formula is C16H19ClN2O2S. The third-order valence-electron chi connectivity index (χ3n) is 3.12. The number of aliphatic hydroxyl groups excluding tert-OH is 1. The number of aliphatic hydroxyl groups is 1. The molecule has 2 aromatic rings. The number of amides is 1. The van der Waals surface area contributed by atoms with Gasteiger partial charge in [-0.3, -0.25) is 9.78 Å². The van der Waals surface area contributed by atoms with Crippen molar-refractivity contribution >= 4 is 40.2 Å². The maximum atomic E-state index is 11.9. The van der Waals surface area contributed by atoms with Crippen LogP contribution in [-0.2, 0) is 4.79 Å². The number of hydrogen-bond acceptors (Lipinski definition) is 4. The van der Waals surface area contributed by atoms with E-state index in [1.54, 1.807) is 31.8 Å². The second kappa shape index (κ2) is 7.31. The van der Waals surface area contributed by atoms with Gasteiger partial charge in [-0.25, -0.2) is 0 Å². The van der Waals surface area contributed by atoms with Gasteiger partial charge in [0.15, 0.2) is 0 Å². The number of rotatable bonds is 6. The van der Waals surface area contributed by atoms with E-state index in [2.05, 4.69) is 10.3 Å². The lowest BCUT2D eigenvalue weighted by atomic mass is 10.1. The molecule has 22 heavy (non-hydrogen) atoms. The Kier molecular flexibility index (Phi) is 5.67. The number of hydrogen-bond donors (Lipinski definition) is 2. The Balaban J connectivity index is 1.97. The molecule has 0 saturated heterocycles. The molecule has 0 bridgehead atoms. The number of benzene rings is 1. The summed E-state index contributed by atoms with van der Waals surface area (Å²) in [7, 11) is 0. The highest BCUT2D eigenvalue weighted by atomic mass is 35.5. The van der Waals surface area contributed by atoms with E-state index in [4.69, 9.17) is 16.7 Å². The second-order valence-corrected chi connectivity index (χ2v) is 7.23. The zero-order chi connectivity index (χ0) is 16.2. The van der Waals surface area contributed by atoms with E-state index in [9.17, 15) is 4.79 Å². The van der Waals surface area contributed by atoms with E-state index in [1.165, 1.54) is 0 Å². The molecule has 4 nitrogen and oxygen atoms in total. The molecule has 0 unspecified atom stereocenters. The van der Waals surface area contributed by atoms with Crippen LogP contribution in [0.4, 0.5) is 0 Å². The van der Waals surface area contributed by atoms with E-state index in [0.717, 1.165) is 15.8 Å². The van der Waals surface area contributed by atoms with Crippen LogP contribution in [0.3, 0.4) is 0 Å². The summed E-state index contributed by atoms with van der Waals surface area (Å²) in [6.07, 6.45) is 2.14. The molecule has 0 aliphatic rings. The Morgan fingerprint density at radius 3 is 2.91 bits per heavy atom. The minimum absolute atomic E-state index is 0.0621. The van der Waals surface area contributed by atoms with E-state index < -0.39 is 5.54 Å². The van der Waals surface area contributed by atoms with Crippen LogP contribution in [0.5, 0.6) is 0 Å². The zero-order valence-electron chi connectivity index (χ0n) is 12.6. The van der Waals surface area contributed by atoms with Crippen molar-refractivity contribution in [2.24, 2.45) is 0 Å². The summed E-state index contributed by atoms with van der Waals surface area (Å²) < 4.78 is 0. The number of fused-ring (bicyclic) bond motifs is 1. The average molecular weight is 339 g/mol. The number of aromatic nitrogens is 1. The number of carbonyl (C=O) groups excluding carboxylic acids is 1. The maximum absolute atomic E-state index is 11.9. The Labute approximate surface area is 139 Å². The fraction of sp³-hybridized carbons (Fsp3) is 0.375. The smallest absolute Gasteiger partial charge is 0.221 e. The fourth-order valence-corrected chi connectivity index (χ4v) is 3.11. The van der Waals surface area contributed by atoms with Crippen LogP contribution in [0.1, 0.15) is 20.3 Å². The minimum Gasteiger partial charge on any atom is -0.394 e. The molecule has 1 heterocycles. The average Bonchev–Trinajstić information content (AvgIpc) is 2.46. The first-order chi connectivity index (χ1) is 10.4. The number of carbonyl (C=O) groups is 1. The van der Waals surface area contributed by atoms with Gasteiger partial charge in [-0.2, -0.15) is 0 Å². The van der Waals surface area contributed by atoms with Crippen molar-refractivity contribution in [3.8, 4) is 0 Å². The van der Waals surface area contributed by atoms with E-state index in [-0.39, 0.29) is 12.5 Å². The summed E-state index contributed by atoms with van der Waals surface area (Å²) in [5.74, 6) is 0.600. The fourth-order valence-electron chi connectivity index (χ4n) is 1.95. The predicted molar refractivity (Wildman–Crippen MR) is 91.4 cm³/mol. The van der Waals surface area contributed by atoms with Gasteiger partial charge < -0.3 is 10.4 Å². The molecule has 0 aliphatic heterocycles. The van der Waals surface area contributed by atoms with Gasteiger partial charge in [0.1, 0.15) is 0 Å². The lowest BCUT2D eigenvalue weighted by Crippen LogP contribution is -2.46. The first-order valence-corrected chi connectivity index (χ1v) is 8.36. The molecule has 118 valence electrons. The Hall–Kier alpha value is -1.30. The normalized spacial score (nSPS) is 11.6. The van der Waals surface area contributed by atoms with Gasteiger partial charge in [-0.15, -0.1) is 11.8 Å². The summed E-state index contributed by atoms with van der Waals surface area (Å²) in [4.78, 5) is 17.2. The molecule has 0 atom stereocenters. The van der Waals surface area contributed by atoms with Crippen LogP contribution in [0.25, 0.3) is 10.9 Å². The molecule has 0 saturated carbocycles. The lowest BCUT2D eigenvalue weighted by Gasteiger charge is -2.23. The Bertz CT molecular complexity index is 676. The third kappa shape index (κ3) is 4.60. The Morgan fingerprint density at radius 2 is 2.18 bits per heavy atom. The van der Waals surface area contributed by atoms with Gasteiger partial charge in [0.05, 0.1) is 17.7 Å². The van der Waals surface area contributed by atoms with Gasteiger partial charge in [0, 0.05) is 33.7 Å². The van der Waals surface area contributed by atoms with E-state index in [1.807, 2.05) is 24.3 Å². The molecule has 1 aromatic carbocycles. The highest BCUT2D eigenvalue weighted by Crippen LogP contribution is 2.28. The van der Waals surface area contributed by atoms with Crippen LogP contribution in [0.2, 0.25) is 5.02 Å². The minimum atomic E-state index is -0.581. The zero-order valence-corrected chi connectivity index (χ0v) is 14.2. The van der Waals surface area contributed by atoms with E-state index >= 15 is 0 Å². The number of nitrogens with zero attached hydrogens (tertiary/aromatic N) is 1. The molecule has 1 amide bonds. The van der Waals surface area contributed by atoms with Gasteiger partial charge in [0.25, 0.3) is 0 Å². The van der Waals surface area contributed by atoms with Crippen molar-refractivity contribution in [2.75, 3.05) is 12.4 Å². The summed E-state index contributed by atoms with van der Waals surface area (Å²) >= 11 is 7.58. The molecule has 2 N–H and O–H groups in total. The molecule has 0 spiro atoms. The molecule has 1 aromatic heterocycles. The molecule has 2 rings (SSSR count). The highest BCUT2D eigenvalue weighted by Gasteiger charge is 2.18. The molecular weight excluding hydrogens is 320 g/mol. The van der Waals surface area contributed by atoms with E-state index in [0.29, 0.717) is 17.2 Å². The van der Waals surface area contributed by atoms with Crippen molar-refractivity contribution in [2.45, 2.75) is 30.7 Å². The van der Waals surface area contributed by atoms with Gasteiger partial charge in [-0.1, -0.05) is 17.7 Å². The van der Waals surface area contributed by atoms with Crippen LogP contribution in [0.15, 0.2) is 35.4 Å². The number of nitrogens with one attached hydrogen (secondary N) is 1.